The van der Waals surface area contributed by atoms with E-state index in [-0.39, 0.29) is 11.8 Å². The fourth-order valence-corrected chi connectivity index (χ4v) is 3.23. The molecule has 136 valence electrons. The van der Waals surface area contributed by atoms with Crippen LogP contribution in [0.15, 0.2) is 48.8 Å². The average molecular weight is 384 g/mol. The number of primary amides is 1. The lowest BCUT2D eigenvalue weighted by Gasteiger charge is -2.08. The molecular weight excluding hydrogens is 369 g/mol. The van der Waals surface area contributed by atoms with Gasteiger partial charge in [0.2, 0.25) is 5.91 Å². The molecule has 2 N–H and O–H groups in total. The van der Waals surface area contributed by atoms with Crippen LogP contribution >= 0.6 is 11.6 Å². The van der Waals surface area contributed by atoms with Crippen molar-refractivity contribution in [2.24, 2.45) is 5.73 Å². The number of nitrogens with two attached hydrogens (primary N) is 1. The molecule has 0 fully saturated rings. The van der Waals surface area contributed by atoms with E-state index >= 15 is 0 Å². The summed E-state index contributed by atoms with van der Waals surface area (Å²) in [7, 11) is 0. The van der Waals surface area contributed by atoms with Crippen LogP contribution in [0, 0.1) is 12.7 Å². The number of nitrogens with zero attached hydrogens (tertiary/aromatic N) is 4. The van der Waals surface area contributed by atoms with Gasteiger partial charge in [0.05, 0.1) is 11.7 Å². The molecule has 8 heteroatoms. The van der Waals surface area contributed by atoms with Crippen molar-refractivity contribution in [2.45, 2.75) is 12.9 Å². The first kappa shape index (κ1) is 17.2. The smallest absolute Gasteiger partial charge is 0.248 e. The molecule has 4 rings (SSSR count). The zero-order valence-corrected chi connectivity index (χ0v) is 15.1. The monoisotopic (exact) mass is 383 g/mol. The van der Waals surface area contributed by atoms with Gasteiger partial charge in [0, 0.05) is 22.7 Å². The molecule has 2 heterocycles. The molecule has 2 aromatic heterocycles. The third-order valence-corrected chi connectivity index (χ3v) is 4.64. The summed E-state index contributed by atoms with van der Waals surface area (Å²) in [4.78, 5) is 11.6. The number of benzene rings is 2. The maximum atomic E-state index is 14.6. The molecule has 6 nitrogen and oxygen atoms in total. The molecule has 0 aliphatic heterocycles. The minimum Gasteiger partial charge on any atom is -0.366 e. The zero-order chi connectivity index (χ0) is 19.1. The Morgan fingerprint density at radius 1 is 1.30 bits per heavy atom. The van der Waals surface area contributed by atoms with Gasteiger partial charge in [-0.3, -0.25) is 9.48 Å². The molecule has 27 heavy (non-hydrogen) atoms. The van der Waals surface area contributed by atoms with E-state index in [0.29, 0.717) is 33.4 Å². The van der Waals surface area contributed by atoms with Crippen molar-refractivity contribution in [1.29, 1.82) is 0 Å². The molecular formula is C19H15ClFN5O. The van der Waals surface area contributed by atoms with Crippen LogP contribution in [0.5, 0.6) is 0 Å². The van der Waals surface area contributed by atoms with Gasteiger partial charge in [0.25, 0.3) is 0 Å². The third kappa shape index (κ3) is 2.86. The lowest BCUT2D eigenvalue weighted by molar-refractivity contribution is 0.100. The fraction of sp³-hybridized carbons (Fsp3) is 0.105. The number of carbonyl (C=O) groups excluding carboxylic acids is 1. The Labute approximate surface area is 159 Å². The Hall–Kier alpha value is -3.19. The molecule has 2 aromatic carbocycles. The molecule has 1 amide bonds. The van der Waals surface area contributed by atoms with E-state index in [1.54, 1.807) is 41.3 Å². The number of alkyl halides is 1. The molecule has 0 unspecified atom stereocenters. The van der Waals surface area contributed by atoms with Crippen LogP contribution in [0.4, 0.5) is 4.39 Å². The lowest BCUT2D eigenvalue weighted by Crippen LogP contribution is -2.10. The Balaban J connectivity index is 2.05. The number of aromatic nitrogens is 4. The van der Waals surface area contributed by atoms with Crippen LogP contribution < -0.4 is 5.73 Å². The summed E-state index contributed by atoms with van der Waals surface area (Å²) in [6.45, 7) is 1.81. The molecule has 0 radical (unpaired) electrons. The number of aryl methyl sites for hydroxylation is 1. The van der Waals surface area contributed by atoms with Crippen LogP contribution in [0.2, 0.25) is 0 Å². The van der Waals surface area contributed by atoms with Gasteiger partial charge < -0.3 is 5.73 Å². The number of hydrogen-bond acceptors (Lipinski definition) is 3. The summed E-state index contributed by atoms with van der Waals surface area (Å²) in [5.74, 6) is -0.935. The van der Waals surface area contributed by atoms with Crippen LogP contribution in [0.25, 0.3) is 27.8 Å². The molecule has 0 atom stereocenters. The maximum absolute atomic E-state index is 14.6. The van der Waals surface area contributed by atoms with Gasteiger partial charge in [-0.2, -0.15) is 10.2 Å². The van der Waals surface area contributed by atoms with Crippen LogP contribution in [-0.4, -0.2) is 25.5 Å². The van der Waals surface area contributed by atoms with Gasteiger partial charge in [-0.05, 0) is 36.8 Å². The van der Waals surface area contributed by atoms with E-state index in [1.165, 1.54) is 10.7 Å². The van der Waals surface area contributed by atoms with E-state index in [0.717, 1.165) is 5.56 Å². The number of fused-ring (bicyclic) bond motifs is 1. The first-order valence-electron chi connectivity index (χ1n) is 8.16. The number of halogens is 2. The van der Waals surface area contributed by atoms with E-state index in [1.807, 2.05) is 13.0 Å². The molecule has 0 saturated carbocycles. The lowest BCUT2D eigenvalue weighted by atomic mass is 10.1. The van der Waals surface area contributed by atoms with Crippen LogP contribution in [-0.2, 0) is 6.00 Å². The Morgan fingerprint density at radius 3 is 2.78 bits per heavy atom. The number of hydrogen-bond donors (Lipinski definition) is 1. The summed E-state index contributed by atoms with van der Waals surface area (Å²) in [6.07, 6.45) is 3.36. The molecule has 0 saturated heterocycles. The summed E-state index contributed by atoms with van der Waals surface area (Å²) >= 11 is 5.82. The number of carbonyl (C=O) groups is 1. The number of rotatable bonds is 4. The Kier molecular flexibility index (Phi) is 4.16. The van der Waals surface area contributed by atoms with Crippen molar-refractivity contribution in [3.8, 4) is 16.9 Å². The highest BCUT2D eigenvalue weighted by Gasteiger charge is 2.19. The highest BCUT2D eigenvalue weighted by atomic mass is 35.5. The Morgan fingerprint density at radius 2 is 2.11 bits per heavy atom. The molecule has 0 bridgehead atoms. The van der Waals surface area contributed by atoms with Crippen molar-refractivity contribution in [2.75, 3.05) is 0 Å². The predicted octanol–water partition coefficient (Wildman–Crippen LogP) is 3.63. The molecule has 0 spiro atoms. The summed E-state index contributed by atoms with van der Waals surface area (Å²) < 4.78 is 17.7. The minimum absolute atomic E-state index is 0.192. The van der Waals surface area contributed by atoms with E-state index in [9.17, 15) is 9.18 Å². The van der Waals surface area contributed by atoms with E-state index in [2.05, 4.69) is 10.2 Å². The van der Waals surface area contributed by atoms with Crippen molar-refractivity contribution in [3.05, 3.63) is 65.7 Å². The number of amides is 1. The molecule has 0 aliphatic rings. The standard InChI is InChI=1S/C19H15ClFN5O/c1-11-3-2-4-15(21)18(11)26-16-6-5-12(19(22)27)7-14(16)17(24-26)13-8-23-25(9-13)10-20/h2-9H,10H2,1H3,(H2,22,27). The van der Waals surface area contributed by atoms with Crippen molar-refractivity contribution >= 4 is 28.4 Å². The van der Waals surface area contributed by atoms with Gasteiger partial charge in [0.1, 0.15) is 23.2 Å². The highest BCUT2D eigenvalue weighted by molar-refractivity contribution is 6.15. The molecule has 0 aliphatic carbocycles. The van der Waals surface area contributed by atoms with Gasteiger partial charge in [0.15, 0.2) is 0 Å². The van der Waals surface area contributed by atoms with Gasteiger partial charge >= 0.3 is 0 Å². The SMILES string of the molecule is Cc1cccc(F)c1-n1nc(-c2cnn(CCl)c2)c2cc(C(N)=O)ccc21. The van der Waals surface area contributed by atoms with Gasteiger partial charge in [-0.1, -0.05) is 12.1 Å². The largest absolute Gasteiger partial charge is 0.366 e. The van der Waals surface area contributed by atoms with Crippen molar-refractivity contribution in [3.63, 3.8) is 0 Å². The van der Waals surface area contributed by atoms with Crippen molar-refractivity contribution in [1.82, 2.24) is 19.6 Å². The predicted molar refractivity (Wildman–Crippen MR) is 101 cm³/mol. The van der Waals surface area contributed by atoms with E-state index in [4.69, 9.17) is 17.3 Å². The van der Waals surface area contributed by atoms with Crippen LogP contribution in [0.3, 0.4) is 0 Å². The minimum atomic E-state index is -0.547. The summed E-state index contributed by atoms with van der Waals surface area (Å²) in [5.41, 5.74) is 8.78. The maximum Gasteiger partial charge on any atom is 0.248 e. The fourth-order valence-electron chi connectivity index (χ4n) is 3.10. The second-order valence-corrected chi connectivity index (χ2v) is 6.39. The average Bonchev–Trinajstić information content (AvgIpc) is 3.26. The summed E-state index contributed by atoms with van der Waals surface area (Å²) in [6, 6.07) is 10.0. The summed E-state index contributed by atoms with van der Waals surface area (Å²) in [5, 5.41) is 9.46. The van der Waals surface area contributed by atoms with Gasteiger partial charge in [-0.25, -0.2) is 9.07 Å². The normalized spacial score (nSPS) is 11.2. The second kappa shape index (κ2) is 6.51. The quantitative estimate of drug-likeness (QED) is 0.546. The topological polar surface area (TPSA) is 78.7 Å². The van der Waals surface area contributed by atoms with Crippen molar-refractivity contribution < 1.29 is 9.18 Å². The van der Waals surface area contributed by atoms with Gasteiger partial charge in [-0.15, -0.1) is 11.6 Å². The zero-order valence-electron chi connectivity index (χ0n) is 14.4. The second-order valence-electron chi connectivity index (χ2n) is 6.15. The van der Waals surface area contributed by atoms with E-state index < -0.39 is 5.91 Å². The molecule has 4 aromatic rings. The highest BCUT2D eigenvalue weighted by Crippen LogP contribution is 2.32. The van der Waals surface area contributed by atoms with Crippen LogP contribution in [0.1, 0.15) is 15.9 Å². The third-order valence-electron chi connectivity index (χ3n) is 4.39. The first-order chi connectivity index (χ1) is 13.0. The number of para-hydroxylation sites is 1. The first-order valence-corrected chi connectivity index (χ1v) is 8.70. The Bertz CT molecular complexity index is 1160.